The number of rotatable bonds is 4. The number of phenolic OH excluding ortho intramolecular Hbond substituents is 1. The van der Waals surface area contributed by atoms with E-state index in [1.807, 2.05) is 19.9 Å². The fourth-order valence-corrected chi connectivity index (χ4v) is 3.35. The maximum atomic E-state index is 13.0. The highest BCUT2D eigenvalue weighted by Crippen LogP contribution is 2.33. The zero-order valence-corrected chi connectivity index (χ0v) is 13.0. The maximum Gasteiger partial charge on any atom is 0.230 e. The van der Waals surface area contributed by atoms with E-state index in [-0.39, 0.29) is 23.5 Å². The average molecular weight is 290 g/mol. The molecule has 0 saturated heterocycles. The van der Waals surface area contributed by atoms with Gasteiger partial charge in [-0.3, -0.25) is 4.79 Å². The van der Waals surface area contributed by atoms with Crippen molar-refractivity contribution in [1.82, 2.24) is 0 Å². The normalized spacial score (nSPS) is 22.0. The number of anilines is 1. The van der Waals surface area contributed by atoms with E-state index in [9.17, 15) is 9.90 Å². The summed E-state index contributed by atoms with van der Waals surface area (Å²) in [5.74, 6) is 0.658. The van der Waals surface area contributed by atoms with Crippen molar-refractivity contribution >= 4 is 11.6 Å². The standard InChI is InChI=1S/C17H26N2O2/c1-3-19(16-10-14(20)9-8-12(16)2)17(21)15-7-5-4-6-13(15)11-18/h8-10,13,15,20H,3-7,11,18H2,1-2H3. The van der Waals surface area contributed by atoms with Crippen LogP contribution in [-0.4, -0.2) is 24.1 Å². The lowest BCUT2D eigenvalue weighted by Gasteiger charge is -2.34. The number of carbonyl (C=O) groups is 1. The maximum absolute atomic E-state index is 13.0. The molecule has 1 saturated carbocycles. The van der Waals surface area contributed by atoms with Crippen molar-refractivity contribution in [3.8, 4) is 5.75 Å². The monoisotopic (exact) mass is 290 g/mol. The van der Waals surface area contributed by atoms with E-state index < -0.39 is 0 Å². The number of aromatic hydroxyl groups is 1. The molecule has 116 valence electrons. The molecule has 1 aromatic carbocycles. The fourth-order valence-electron chi connectivity index (χ4n) is 3.35. The van der Waals surface area contributed by atoms with Crippen LogP contribution in [0.2, 0.25) is 0 Å². The van der Waals surface area contributed by atoms with Gasteiger partial charge in [0.25, 0.3) is 0 Å². The van der Waals surface area contributed by atoms with Crippen molar-refractivity contribution in [3.05, 3.63) is 23.8 Å². The molecule has 4 nitrogen and oxygen atoms in total. The summed E-state index contributed by atoms with van der Waals surface area (Å²) < 4.78 is 0. The SMILES string of the molecule is CCN(C(=O)C1CCCCC1CN)c1cc(O)ccc1C. The van der Waals surface area contributed by atoms with Crippen LogP contribution >= 0.6 is 0 Å². The van der Waals surface area contributed by atoms with Gasteiger partial charge >= 0.3 is 0 Å². The molecule has 1 aliphatic carbocycles. The van der Waals surface area contributed by atoms with Gasteiger partial charge in [0.2, 0.25) is 5.91 Å². The van der Waals surface area contributed by atoms with Crippen LogP contribution in [0, 0.1) is 18.8 Å². The molecule has 1 aromatic rings. The molecule has 0 heterocycles. The molecule has 0 aromatic heterocycles. The molecule has 2 rings (SSSR count). The second-order valence-electron chi connectivity index (χ2n) is 5.94. The summed E-state index contributed by atoms with van der Waals surface area (Å²) in [6.45, 7) is 5.12. The number of amides is 1. The summed E-state index contributed by atoms with van der Waals surface area (Å²) in [5, 5.41) is 9.71. The van der Waals surface area contributed by atoms with Crippen LogP contribution in [0.25, 0.3) is 0 Å². The Hall–Kier alpha value is -1.55. The van der Waals surface area contributed by atoms with Gasteiger partial charge in [-0.2, -0.15) is 0 Å². The Bertz CT molecular complexity index is 502. The Morgan fingerprint density at radius 1 is 1.38 bits per heavy atom. The van der Waals surface area contributed by atoms with Gasteiger partial charge in [0.15, 0.2) is 0 Å². The highest BCUT2D eigenvalue weighted by Gasteiger charge is 2.33. The first-order chi connectivity index (χ1) is 10.1. The van der Waals surface area contributed by atoms with E-state index >= 15 is 0 Å². The summed E-state index contributed by atoms with van der Waals surface area (Å²) in [6, 6.07) is 5.18. The Morgan fingerprint density at radius 3 is 2.76 bits per heavy atom. The van der Waals surface area contributed by atoms with E-state index in [1.165, 1.54) is 6.42 Å². The van der Waals surface area contributed by atoms with Gasteiger partial charge in [0, 0.05) is 18.5 Å². The van der Waals surface area contributed by atoms with Crippen molar-refractivity contribution in [2.24, 2.45) is 17.6 Å². The number of nitrogens with two attached hydrogens (primary N) is 1. The predicted octanol–water partition coefficient (Wildman–Crippen LogP) is 2.82. The van der Waals surface area contributed by atoms with Crippen molar-refractivity contribution in [3.63, 3.8) is 0 Å². The van der Waals surface area contributed by atoms with Crippen molar-refractivity contribution < 1.29 is 9.90 Å². The number of benzene rings is 1. The summed E-state index contributed by atoms with van der Waals surface area (Å²) in [6.07, 6.45) is 4.24. The van der Waals surface area contributed by atoms with E-state index in [1.54, 1.807) is 17.0 Å². The van der Waals surface area contributed by atoms with Crippen molar-refractivity contribution in [2.75, 3.05) is 18.0 Å². The summed E-state index contributed by atoms with van der Waals surface area (Å²) >= 11 is 0. The molecule has 0 aliphatic heterocycles. The van der Waals surface area contributed by atoms with Gasteiger partial charge in [0.1, 0.15) is 5.75 Å². The van der Waals surface area contributed by atoms with E-state index in [4.69, 9.17) is 5.73 Å². The molecule has 1 aliphatic rings. The molecular weight excluding hydrogens is 264 g/mol. The predicted molar refractivity (Wildman–Crippen MR) is 85.4 cm³/mol. The number of aryl methyl sites for hydroxylation is 1. The van der Waals surface area contributed by atoms with Crippen LogP contribution in [0.1, 0.15) is 38.2 Å². The highest BCUT2D eigenvalue weighted by atomic mass is 16.3. The average Bonchev–Trinajstić information content (AvgIpc) is 2.51. The first kappa shape index (κ1) is 15.8. The zero-order chi connectivity index (χ0) is 15.4. The topological polar surface area (TPSA) is 66.6 Å². The van der Waals surface area contributed by atoms with Gasteiger partial charge in [-0.1, -0.05) is 18.9 Å². The minimum atomic E-state index is 0.0189. The largest absolute Gasteiger partial charge is 0.508 e. The van der Waals surface area contributed by atoms with Gasteiger partial charge in [-0.05, 0) is 50.8 Å². The van der Waals surface area contributed by atoms with Gasteiger partial charge in [-0.15, -0.1) is 0 Å². The number of carbonyl (C=O) groups excluding carboxylic acids is 1. The molecule has 1 amide bonds. The molecule has 0 bridgehead atoms. The van der Waals surface area contributed by atoms with Crippen LogP contribution in [0.3, 0.4) is 0 Å². The van der Waals surface area contributed by atoms with E-state index in [0.717, 1.165) is 30.5 Å². The van der Waals surface area contributed by atoms with Crippen LogP contribution in [-0.2, 0) is 4.79 Å². The molecule has 2 atom stereocenters. The summed E-state index contributed by atoms with van der Waals surface area (Å²) in [7, 11) is 0. The second kappa shape index (κ2) is 6.94. The molecule has 1 fully saturated rings. The number of nitrogens with zero attached hydrogens (tertiary/aromatic N) is 1. The molecule has 4 heteroatoms. The lowest BCUT2D eigenvalue weighted by Crippen LogP contribution is -2.42. The fraction of sp³-hybridized carbons (Fsp3) is 0.588. The van der Waals surface area contributed by atoms with Gasteiger partial charge in [0.05, 0.1) is 5.69 Å². The molecule has 3 N–H and O–H groups in total. The summed E-state index contributed by atoms with van der Waals surface area (Å²) in [4.78, 5) is 14.8. The van der Waals surface area contributed by atoms with E-state index in [2.05, 4.69) is 0 Å². The van der Waals surface area contributed by atoms with Crippen LogP contribution < -0.4 is 10.6 Å². The van der Waals surface area contributed by atoms with Gasteiger partial charge < -0.3 is 15.7 Å². The lowest BCUT2D eigenvalue weighted by atomic mass is 9.78. The Labute approximate surface area is 126 Å². The van der Waals surface area contributed by atoms with Crippen LogP contribution in [0.4, 0.5) is 5.69 Å². The Kier molecular flexibility index (Phi) is 5.23. The highest BCUT2D eigenvalue weighted by molar-refractivity contribution is 5.96. The van der Waals surface area contributed by atoms with Crippen LogP contribution in [0.5, 0.6) is 5.75 Å². The smallest absolute Gasteiger partial charge is 0.230 e. The van der Waals surface area contributed by atoms with Gasteiger partial charge in [-0.25, -0.2) is 0 Å². The van der Waals surface area contributed by atoms with Crippen LogP contribution in [0.15, 0.2) is 18.2 Å². The number of phenols is 1. The zero-order valence-electron chi connectivity index (χ0n) is 13.0. The third kappa shape index (κ3) is 3.38. The van der Waals surface area contributed by atoms with E-state index in [0.29, 0.717) is 13.1 Å². The molecule has 0 radical (unpaired) electrons. The number of hydrogen-bond acceptors (Lipinski definition) is 3. The second-order valence-corrected chi connectivity index (χ2v) is 5.94. The first-order valence-electron chi connectivity index (χ1n) is 7.89. The van der Waals surface area contributed by atoms with Crippen molar-refractivity contribution in [2.45, 2.75) is 39.5 Å². The van der Waals surface area contributed by atoms with Crippen molar-refractivity contribution in [1.29, 1.82) is 0 Å². The molecule has 21 heavy (non-hydrogen) atoms. The minimum Gasteiger partial charge on any atom is -0.508 e. The first-order valence-corrected chi connectivity index (χ1v) is 7.89. The molecular formula is C17H26N2O2. The summed E-state index contributed by atoms with van der Waals surface area (Å²) in [5.41, 5.74) is 7.67. The quantitative estimate of drug-likeness (QED) is 0.896. The Morgan fingerprint density at radius 2 is 2.10 bits per heavy atom. The number of hydrogen-bond donors (Lipinski definition) is 2. The lowest BCUT2D eigenvalue weighted by molar-refractivity contribution is -0.124. The molecule has 2 unspecified atom stereocenters. The molecule has 0 spiro atoms. The third-order valence-corrected chi connectivity index (χ3v) is 4.59. The third-order valence-electron chi connectivity index (χ3n) is 4.59. The minimum absolute atomic E-state index is 0.0189. The Balaban J connectivity index is 2.27.